The van der Waals surface area contributed by atoms with Crippen molar-refractivity contribution in [2.24, 2.45) is 0 Å². The lowest BCUT2D eigenvalue weighted by atomic mass is 10.1. The number of H-pyrrole nitrogens is 1. The van der Waals surface area contributed by atoms with Crippen LogP contribution in [0.2, 0.25) is 0 Å². The lowest BCUT2D eigenvalue weighted by Gasteiger charge is -2.10. The quantitative estimate of drug-likeness (QED) is 0.646. The van der Waals surface area contributed by atoms with Gasteiger partial charge in [0.05, 0.1) is 14.2 Å². The molecule has 0 aliphatic heterocycles. The molecule has 2 aromatic carbocycles. The van der Waals surface area contributed by atoms with Crippen molar-refractivity contribution < 1.29 is 14.3 Å². The van der Waals surface area contributed by atoms with Gasteiger partial charge >= 0.3 is 0 Å². The van der Waals surface area contributed by atoms with Gasteiger partial charge in [0.25, 0.3) is 11.5 Å². The van der Waals surface area contributed by atoms with Gasteiger partial charge in [0, 0.05) is 12.2 Å². The maximum Gasteiger partial charge on any atom is 0.261 e. The van der Waals surface area contributed by atoms with Gasteiger partial charge in [-0.15, -0.1) is 0 Å². The zero-order valence-electron chi connectivity index (χ0n) is 16.7. The number of methoxy groups -OCH3 is 2. The smallest absolute Gasteiger partial charge is 0.261 e. The highest BCUT2D eigenvalue weighted by molar-refractivity contribution is 5.94. The average Bonchev–Trinajstić information content (AvgIpc) is 2.74. The average molecular weight is 392 g/mol. The molecule has 1 heterocycles. The van der Waals surface area contributed by atoms with Crippen LogP contribution in [0.1, 0.15) is 21.5 Å². The van der Waals surface area contributed by atoms with Crippen LogP contribution in [0.5, 0.6) is 11.5 Å². The number of amides is 1. The second-order valence-electron chi connectivity index (χ2n) is 6.68. The fraction of sp³-hybridized carbons (Fsp3) is 0.217. The van der Waals surface area contributed by atoms with Gasteiger partial charge < -0.3 is 19.8 Å². The van der Waals surface area contributed by atoms with Gasteiger partial charge in [0.15, 0.2) is 11.5 Å². The van der Waals surface area contributed by atoms with E-state index in [0.717, 1.165) is 16.7 Å². The van der Waals surface area contributed by atoms with E-state index >= 15 is 0 Å². The number of benzene rings is 2. The van der Waals surface area contributed by atoms with Crippen LogP contribution in [0.3, 0.4) is 0 Å². The van der Waals surface area contributed by atoms with Gasteiger partial charge in [0.1, 0.15) is 5.56 Å². The maximum absolute atomic E-state index is 12.4. The topological polar surface area (TPSA) is 80.4 Å². The van der Waals surface area contributed by atoms with Crippen molar-refractivity contribution in [1.82, 2.24) is 10.3 Å². The lowest BCUT2D eigenvalue weighted by molar-refractivity contribution is 0.0952. The Kier molecular flexibility index (Phi) is 6.34. The summed E-state index contributed by atoms with van der Waals surface area (Å²) in [4.78, 5) is 27.5. The Morgan fingerprint density at radius 1 is 0.966 bits per heavy atom. The van der Waals surface area contributed by atoms with Crippen molar-refractivity contribution in [3.63, 3.8) is 0 Å². The molecular weight excluding hydrogens is 368 g/mol. The third kappa shape index (κ3) is 4.85. The Morgan fingerprint density at radius 2 is 1.69 bits per heavy atom. The highest BCUT2D eigenvalue weighted by atomic mass is 16.5. The minimum Gasteiger partial charge on any atom is -0.493 e. The number of aromatic nitrogens is 1. The first-order valence-corrected chi connectivity index (χ1v) is 9.31. The molecular formula is C23H24N2O4. The number of aromatic amines is 1. The third-order valence-electron chi connectivity index (χ3n) is 4.66. The second-order valence-corrected chi connectivity index (χ2v) is 6.68. The fourth-order valence-electron chi connectivity index (χ4n) is 3.01. The minimum atomic E-state index is -0.410. The molecule has 3 aromatic rings. The van der Waals surface area contributed by atoms with Crippen LogP contribution in [0, 0.1) is 6.92 Å². The summed E-state index contributed by atoms with van der Waals surface area (Å²) in [5.74, 6) is 0.891. The van der Waals surface area contributed by atoms with Crippen molar-refractivity contribution in [3.8, 4) is 22.8 Å². The summed E-state index contributed by atoms with van der Waals surface area (Å²) in [7, 11) is 3.16. The van der Waals surface area contributed by atoms with E-state index < -0.39 is 11.5 Å². The molecule has 150 valence electrons. The molecule has 0 unspecified atom stereocenters. The van der Waals surface area contributed by atoms with E-state index in [-0.39, 0.29) is 5.56 Å². The van der Waals surface area contributed by atoms with E-state index in [9.17, 15) is 9.59 Å². The van der Waals surface area contributed by atoms with Crippen molar-refractivity contribution in [2.75, 3.05) is 20.8 Å². The number of carbonyl (C=O) groups is 1. The van der Waals surface area contributed by atoms with Crippen molar-refractivity contribution in [3.05, 3.63) is 81.6 Å². The molecule has 0 fully saturated rings. The Labute approximate surface area is 169 Å². The third-order valence-corrected chi connectivity index (χ3v) is 4.66. The number of aryl methyl sites for hydroxylation is 1. The second kappa shape index (κ2) is 9.10. The summed E-state index contributed by atoms with van der Waals surface area (Å²) in [6.07, 6.45) is 0.603. The van der Waals surface area contributed by atoms with Crippen LogP contribution in [0.4, 0.5) is 0 Å². The maximum atomic E-state index is 12.4. The fourth-order valence-corrected chi connectivity index (χ4v) is 3.01. The molecule has 0 radical (unpaired) electrons. The zero-order valence-corrected chi connectivity index (χ0v) is 16.7. The molecule has 0 saturated heterocycles. The number of ether oxygens (including phenoxy) is 2. The van der Waals surface area contributed by atoms with Gasteiger partial charge in [-0.3, -0.25) is 9.59 Å². The molecule has 0 atom stereocenters. The van der Waals surface area contributed by atoms with E-state index in [1.807, 2.05) is 49.4 Å². The molecule has 0 saturated carbocycles. The van der Waals surface area contributed by atoms with Gasteiger partial charge in [-0.2, -0.15) is 0 Å². The summed E-state index contributed by atoms with van der Waals surface area (Å²) in [5, 5.41) is 2.79. The first kappa shape index (κ1) is 20.2. The molecule has 29 heavy (non-hydrogen) atoms. The van der Waals surface area contributed by atoms with E-state index in [0.29, 0.717) is 30.2 Å². The Bertz CT molecular complexity index is 1060. The number of hydrogen-bond acceptors (Lipinski definition) is 4. The molecule has 2 N–H and O–H groups in total. The number of carbonyl (C=O) groups excluding carboxylic acids is 1. The number of hydrogen-bond donors (Lipinski definition) is 2. The number of pyridine rings is 1. The van der Waals surface area contributed by atoms with E-state index in [1.165, 1.54) is 0 Å². The molecule has 1 aromatic heterocycles. The predicted molar refractivity (Wildman–Crippen MR) is 113 cm³/mol. The molecule has 0 bridgehead atoms. The summed E-state index contributed by atoms with van der Waals surface area (Å²) in [6.45, 7) is 2.40. The standard InChI is InChI=1S/C23H24N2O4/c1-15-4-7-17(8-5-15)19-10-9-18(23(27)25-19)22(26)24-13-12-16-6-11-20(28-2)21(14-16)29-3/h4-11,14H,12-13H2,1-3H3,(H,24,26)(H,25,27). The molecule has 0 aliphatic carbocycles. The molecule has 6 nitrogen and oxygen atoms in total. The van der Waals surface area contributed by atoms with Crippen LogP contribution in [-0.2, 0) is 6.42 Å². The van der Waals surface area contributed by atoms with E-state index in [4.69, 9.17) is 9.47 Å². The van der Waals surface area contributed by atoms with E-state index in [2.05, 4.69) is 10.3 Å². The van der Waals surface area contributed by atoms with E-state index in [1.54, 1.807) is 26.4 Å². The summed E-state index contributed by atoms with van der Waals surface area (Å²) < 4.78 is 10.5. The Hall–Kier alpha value is -3.54. The van der Waals surface area contributed by atoms with Gasteiger partial charge in [-0.1, -0.05) is 35.9 Å². The summed E-state index contributed by atoms with van der Waals surface area (Å²) in [5.41, 5.74) is 3.39. The van der Waals surface area contributed by atoms with Crippen LogP contribution in [0.15, 0.2) is 59.4 Å². The molecule has 0 aliphatic rings. The highest BCUT2D eigenvalue weighted by Gasteiger charge is 2.11. The SMILES string of the molecule is COc1ccc(CCNC(=O)c2ccc(-c3ccc(C)cc3)[nH]c2=O)cc1OC. The zero-order chi connectivity index (χ0) is 20.8. The number of nitrogens with one attached hydrogen (secondary N) is 2. The molecule has 0 spiro atoms. The van der Waals surface area contributed by atoms with Crippen LogP contribution in [0.25, 0.3) is 11.3 Å². The predicted octanol–water partition coefficient (Wildman–Crippen LogP) is 3.34. The van der Waals surface area contributed by atoms with Gasteiger partial charge in [-0.25, -0.2) is 0 Å². The van der Waals surface area contributed by atoms with Crippen molar-refractivity contribution >= 4 is 5.91 Å². The Morgan fingerprint density at radius 3 is 2.34 bits per heavy atom. The van der Waals surface area contributed by atoms with Crippen LogP contribution in [-0.4, -0.2) is 31.7 Å². The molecule has 1 amide bonds. The van der Waals surface area contributed by atoms with Gasteiger partial charge in [-0.05, 0) is 48.7 Å². The van der Waals surface area contributed by atoms with Crippen LogP contribution >= 0.6 is 0 Å². The van der Waals surface area contributed by atoms with Crippen molar-refractivity contribution in [2.45, 2.75) is 13.3 Å². The normalized spacial score (nSPS) is 10.4. The largest absolute Gasteiger partial charge is 0.493 e. The lowest BCUT2D eigenvalue weighted by Crippen LogP contribution is -2.31. The first-order valence-electron chi connectivity index (χ1n) is 9.31. The highest BCUT2D eigenvalue weighted by Crippen LogP contribution is 2.27. The monoisotopic (exact) mass is 392 g/mol. The van der Waals surface area contributed by atoms with Crippen LogP contribution < -0.4 is 20.3 Å². The first-order chi connectivity index (χ1) is 14.0. The van der Waals surface area contributed by atoms with Crippen molar-refractivity contribution in [1.29, 1.82) is 0 Å². The summed E-state index contributed by atoms with van der Waals surface area (Å²) >= 11 is 0. The summed E-state index contributed by atoms with van der Waals surface area (Å²) in [6, 6.07) is 16.7. The Balaban J connectivity index is 1.64. The number of rotatable bonds is 7. The van der Waals surface area contributed by atoms with Gasteiger partial charge in [0.2, 0.25) is 0 Å². The minimum absolute atomic E-state index is 0.0909. The molecule has 3 rings (SSSR count). The molecule has 6 heteroatoms.